The first-order chi connectivity index (χ1) is 7.45. The second kappa shape index (κ2) is 4.85. The van der Waals surface area contributed by atoms with Gasteiger partial charge in [-0.05, 0) is 25.7 Å². The summed E-state index contributed by atoms with van der Waals surface area (Å²) in [5.41, 5.74) is -0.654. The first-order valence-corrected chi connectivity index (χ1v) is 6.08. The van der Waals surface area contributed by atoms with Crippen molar-refractivity contribution in [1.82, 2.24) is 10.2 Å². The van der Waals surface area contributed by atoms with Crippen LogP contribution in [0.2, 0.25) is 0 Å². The molecule has 0 aliphatic carbocycles. The maximum Gasteiger partial charge on any atom is 0.325 e. The van der Waals surface area contributed by atoms with Crippen molar-refractivity contribution in [1.29, 1.82) is 0 Å². The molecular formula is C12H22N2O2. The SMILES string of the molecule is CCCC(C)CN1C(=O)NC(=O)C1(C)CC. The Morgan fingerprint density at radius 1 is 1.38 bits per heavy atom. The van der Waals surface area contributed by atoms with Crippen LogP contribution in [0.1, 0.15) is 47.0 Å². The highest BCUT2D eigenvalue weighted by atomic mass is 16.2. The summed E-state index contributed by atoms with van der Waals surface area (Å²) in [4.78, 5) is 25.1. The molecule has 1 heterocycles. The number of rotatable bonds is 5. The number of amides is 3. The lowest BCUT2D eigenvalue weighted by atomic mass is 9.95. The number of hydrogen-bond acceptors (Lipinski definition) is 2. The van der Waals surface area contributed by atoms with E-state index < -0.39 is 5.54 Å². The molecule has 0 bridgehead atoms. The topological polar surface area (TPSA) is 49.4 Å². The maximum atomic E-state index is 11.7. The quantitative estimate of drug-likeness (QED) is 0.730. The van der Waals surface area contributed by atoms with E-state index in [0.29, 0.717) is 18.9 Å². The molecule has 0 aromatic rings. The standard InChI is InChI=1S/C12H22N2O2/c1-5-7-9(3)8-14-11(16)13-10(15)12(14,4)6-2/h9H,5-8H2,1-4H3,(H,13,15,16). The van der Waals surface area contributed by atoms with Gasteiger partial charge in [-0.1, -0.05) is 27.2 Å². The lowest BCUT2D eigenvalue weighted by molar-refractivity contribution is -0.126. The number of imide groups is 1. The van der Waals surface area contributed by atoms with E-state index in [2.05, 4.69) is 19.2 Å². The van der Waals surface area contributed by atoms with Crippen molar-refractivity contribution in [3.8, 4) is 0 Å². The molecule has 0 saturated carbocycles. The van der Waals surface area contributed by atoms with E-state index in [1.54, 1.807) is 4.90 Å². The van der Waals surface area contributed by atoms with Crippen LogP contribution in [-0.2, 0) is 4.79 Å². The average molecular weight is 226 g/mol. The number of nitrogens with one attached hydrogen (secondary N) is 1. The highest BCUT2D eigenvalue weighted by molar-refractivity contribution is 6.06. The molecule has 0 spiro atoms. The predicted octanol–water partition coefficient (Wildman–Crippen LogP) is 2.14. The molecule has 1 aliphatic heterocycles. The minimum Gasteiger partial charge on any atom is -0.310 e. The Balaban J connectivity index is 2.76. The average Bonchev–Trinajstić information content (AvgIpc) is 2.43. The van der Waals surface area contributed by atoms with Crippen LogP contribution < -0.4 is 5.32 Å². The smallest absolute Gasteiger partial charge is 0.310 e. The summed E-state index contributed by atoms with van der Waals surface area (Å²) in [7, 11) is 0. The zero-order valence-corrected chi connectivity index (χ0v) is 10.7. The van der Waals surface area contributed by atoms with Crippen molar-refractivity contribution in [2.45, 2.75) is 52.5 Å². The second-order valence-electron chi connectivity index (χ2n) is 4.89. The lowest BCUT2D eigenvalue weighted by Gasteiger charge is -2.32. The first-order valence-electron chi connectivity index (χ1n) is 6.08. The van der Waals surface area contributed by atoms with Crippen LogP contribution in [-0.4, -0.2) is 28.9 Å². The van der Waals surface area contributed by atoms with Crippen molar-refractivity contribution in [2.24, 2.45) is 5.92 Å². The zero-order chi connectivity index (χ0) is 12.3. The van der Waals surface area contributed by atoms with Gasteiger partial charge in [0, 0.05) is 6.54 Å². The summed E-state index contributed by atoms with van der Waals surface area (Å²) in [6.45, 7) is 8.69. The monoisotopic (exact) mass is 226 g/mol. The minimum atomic E-state index is -0.654. The van der Waals surface area contributed by atoms with Gasteiger partial charge in [-0.25, -0.2) is 4.79 Å². The van der Waals surface area contributed by atoms with Crippen LogP contribution in [0.15, 0.2) is 0 Å². The van der Waals surface area contributed by atoms with Crippen LogP contribution in [0.3, 0.4) is 0 Å². The summed E-state index contributed by atoms with van der Waals surface area (Å²) < 4.78 is 0. The Labute approximate surface area is 97.4 Å². The Morgan fingerprint density at radius 2 is 2.00 bits per heavy atom. The third-order valence-corrected chi connectivity index (χ3v) is 3.51. The van der Waals surface area contributed by atoms with E-state index in [1.165, 1.54) is 0 Å². The highest BCUT2D eigenvalue weighted by Gasteiger charge is 2.47. The van der Waals surface area contributed by atoms with Gasteiger partial charge in [0.05, 0.1) is 0 Å². The van der Waals surface area contributed by atoms with Crippen LogP contribution in [0.5, 0.6) is 0 Å². The second-order valence-corrected chi connectivity index (χ2v) is 4.89. The lowest BCUT2D eigenvalue weighted by Crippen LogP contribution is -2.48. The van der Waals surface area contributed by atoms with E-state index >= 15 is 0 Å². The molecule has 3 amide bonds. The molecule has 4 nitrogen and oxygen atoms in total. The van der Waals surface area contributed by atoms with Crippen molar-refractivity contribution < 1.29 is 9.59 Å². The third kappa shape index (κ3) is 2.20. The van der Waals surface area contributed by atoms with E-state index in [9.17, 15) is 9.59 Å². The summed E-state index contributed by atoms with van der Waals surface area (Å²) in [6, 6.07) is -0.239. The molecular weight excluding hydrogens is 204 g/mol. The molecule has 2 unspecified atom stereocenters. The number of urea groups is 1. The van der Waals surface area contributed by atoms with E-state index in [1.807, 2.05) is 13.8 Å². The maximum absolute atomic E-state index is 11.7. The number of carbonyl (C=O) groups excluding carboxylic acids is 2. The molecule has 1 aliphatic rings. The van der Waals surface area contributed by atoms with E-state index in [0.717, 1.165) is 12.8 Å². The minimum absolute atomic E-state index is 0.163. The number of hydrogen-bond donors (Lipinski definition) is 1. The summed E-state index contributed by atoms with van der Waals surface area (Å²) in [5, 5.41) is 2.40. The fraction of sp³-hybridized carbons (Fsp3) is 0.833. The molecule has 1 fully saturated rings. The van der Waals surface area contributed by atoms with Gasteiger partial charge in [0.1, 0.15) is 5.54 Å². The first kappa shape index (κ1) is 13.0. The zero-order valence-electron chi connectivity index (χ0n) is 10.7. The Kier molecular flexibility index (Phi) is 3.94. The van der Waals surface area contributed by atoms with Gasteiger partial charge in [0.2, 0.25) is 0 Å². The molecule has 1 N–H and O–H groups in total. The summed E-state index contributed by atoms with van der Waals surface area (Å²) in [6.07, 6.45) is 2.84. The molecule has 92 valence electrons. The van der Waals surface area contributed by atoms with E-state index in [4.69, 9.17) is 0 Å². The Morgan fingerprint density at radius 3 is 2.50 bits per heavy atom. The molecule has 16 heavy (non-hydrogen) atoms. The summed E-state index contributed by atoms with van der Waals surface area (Å²) in [5.74, 6) is 0.274. The summed E-state index contributed by atoms with van der Waals surface area (Å²) >= 11 is 0. The molecule has 0 aromatic heterocycles. The van der Waals surface area contributed by atoms with Crippen molar-refractivity contribution >= 4 is 11.9 Å². The molecule has 1 saturated heterocycles. The predicted molar refractivity (Wildman–Crippen MR) is 63.0 cm³/mol. The Bertz CT molecular complexity index is 291. The molecule has 0 aromatic carbocycles. The van der Waals surface area contributed by atoms with Gasteiger partial charge in [-0.2, -0.15) is 0 Å². The van der Waals surface area contributed by atoms with Gasteiger partial charge in [-0.15, -0.1) is 0 Å². The number of nitrogens with zero attached hydrogens (tertiary/aromatic N) is 1. The van der Waals surface area contributed by atoms with Gasteiger partial charge < -0.3 is 4.90 Å². The molecule has 4 heteroatoms. The largest absolute Gasteiger partial charge is 0.325 e. The third-order valence-electron chi connectivity index (χ3n) is 3.51. The molecule has 2 atom stereocenters. The van der Waals surface area contributed by atoms with Crippen LogP contribution in [0, 0.1) is 5.92 Å². The molecule has 0 radical (unpaired) electrons. The fourth-order valence-electron chi connectivity index (χ4n) is 2.18. The Hall–Kier alpha value is -1.06. The van der Waals surface area contributed by atoms with Crippen LogP contribution >= 0.6 is 0 Å². The van der Waals surface area contributed by atoms with Gasteiger partial charge >= 0.3 is 6.03 Å². The van der Waals surface area contributed by atoms with Gasteiger partial charge in [-0.3, -0.25) is 10.1 Å². The highest BCUT2D eigenvalue weighted by Crippen LogP contribution is 2.26. The van der Waals surface area contributed by atoms with Gasteiger partial charge in [0.15, 0.2) is 0 Å². The normalized spacial score (nSPS) is 27.1. The number of carbonyl (C=O) groups is 2. The van der Waals surface area contributed by atoms with Crippen molar-refractivity contribution in [2.75, 3.05) is 6.54 Å². The molecule has 1 rings (SSSR count). The van der Waals surface area contributed by atoms with Crippen molar-refractivity contribution in [3.05, 3.63) is 0 Å². The van der Waals surface area contributed by atoms with E-state index in [-0.39, 0.29) is 11.9 Å². The fourth-order valence-corrected chi connectivity index (χ4v) is 2.18. The van der Waals surface area contributed by atoms with Crippen LogP contribution in [0.4, 0.5) is 4.79 Å². The van der Waals surface area contributed by atoms with Gasteiger partial charge in [0.25, 0.3) is 5.91 Å². The van der Waals surface area contributed by atoms with Crippen molar-refractivity contribution in [3.63, 3.8) is 0 Å². The van der Waals surface area contributed by atoms with Crippen LogP contribution in [0.25, 0.3) is 0 Å².